The van der Waals surface area contributed by atoms with Crippen LogP contribution in [0.15, 0.2) is 48.5 Å². The third kappa shape index (κ3) is 4.08. The normalized spacial score (nSPS) is 15.6. The Morgan fingerprint density at radius 3 is 2.41 bits per heavy atom. The van der Waals surface area contributed by atoms with E-state index in [0.717, 1.165) is 11.1 Å². The summed E-state index contributed by atoms with van der Waals surface area (Å²) < 4.78 is 5.08. The van der Waals surface area contributed by atoms with Crippen LogP contribution in [0.1, 0.15) is 21.5 Å². The second kappa shape index (κ2) is 7.90. The summed E-state index contributed by atoms with van der Waals surface area (Å²) in [5.41, 5.74) is 2.49. The number of fused-ring (bicyclic) bond motifs is 1. The number of amides is 2. The van der Waals surface area contributed by atoms with Gasteiger partial charge in [0.15, 0.2) is 6.61 Å². The summed E-state index contributed by atoms with van der Waals surface area (Å²) in [5.74, 6) is -1.18. The van der Waals surface area contributed by atoms with E-state index in [0.29, 0.717) is 24.3 Å². The fourth-order valence-corrected chi connectivity index (χ4v) is 3.14. The number of rotatable bonds is 5. The number of hydrogen-bond acceptors (Lipinski definition) is 4. The average Bonchev–Trinajstić information content (AvgIpc) is 2.70. The van der Waals surface area contributed by atoms with Gasteiger partial charge in [-0.05, 0) is 35.4 Å². The highest BCUT2D eigenvalue weighted by Crippen LogP contribution is 2.25. The van der Waals surface area contributed by atoms with E-state index in [1.54, 1.807) is 36.2 Å². The van der Waals surface area contributed by atoms with Gasteiger partial charge in [0.2, 0.25) is 5.91 Å². The number of benzene rings is 2. The van der Waals surface area contributed by atoms with Gasteiger partial charge in [0, 0.05) is 25.6 Å². The van der Waals surface area contributed by atoms with Crippen molar-refractivity contribution in [2.24, 2.45) is 0 Å². The molecule has 2 aromatic rings. The molecule has 0 unspecified atom stereocenters. The number of likely N-dealkylation sites (N-methyl/N-ethyl adjacent to an activating group) is 1. The van der Waals surface area contributed by atoms with E-state index in [1.165, 1.54) is 0 Å². The predicted octanol–water partition coefficient (Wildman–Crippen LogP) is 1.46. The standard InChI is InChI=1S/C20H20N2O5/c1-21-19(25)17-10-14-4-2-3-5-15(14)11-22(17)20(26)13-6-8-16(9-7-13)27-12-18(23)24/h2-9,17H,10-12H2,1H3,(H,21,25)(H,23,24)/t17-/m0/s1. The fraction of sp³-hybridized carbons (Fsp3) is 0.250. The number of aliphatic carboxylic acids is 1. The van der Waals surface area contributed by atoms with Crippen LogP contribution in [-0.2, 0) is 22.6 Å². The first-order chi connectivity index (χ1) is 13.0. The molecule has 0 saturated heterocycles. The summed E-state index contributed by atoms with van der Waals surface area (Å²) in [5, 5.41) is 11.3. The minimum Gasteiger partial charge on any atom is -0.482 e. The van der Waals surface area contributed by atoms with Crippen LogP contribution < -0.4 is 10.1 Å². The van der Waals surface area contributed by atoms with E-state index < -0.39 is 18.6 Å². The van der Waals surface area contributed by atoms with E-state index >= 15 is 0 Å². The van der Waals surface area contributed by atoms with Crippen LogP contribution in [0.2, 0.25) is 0 Å². The number of hydrogen-bond donors (Lipinski definition) is 2. The second-order valence-corrected chi connectivity index (χ2v) is 6.24. The van der Waals surface area contributed by atoms with Gasteiger partial charge in [-0.3, -0.25) is 9.59 Å². The Morgan fingerprint density at radius 1 is 1.11 bits per heavy atom. The number of carbonyl (C=O) groups is 3. The van der Waals surface area contributed by atoms with Crippen LogP contribution in [0, 0.1) is 0 Å². The van der Waals surface area contributed by atoms with E-state index in [-0.39, 0.29) is 11.8 Å². The van der Waals surface area contributed by atoms with E-state index in [1.807, 2.05) is 24.3 Å². The molecule has 1 aliphatic rings. The van der Waals surface area contributed by atoms with Crippen LogP contribution in [0.3, 0.4) is 0 Å². The zero-order chi connectivity index (χ0) is 19.4. The zero-order valence-electron chi connectivity index (χ0n) is 14.8. The molecule has 0 aliphatic carbocycles. The van der Waals surface area contributed by atoms with Crippen LogP contribution in [0.25, 0.3) is 0 Å². The van der Waals surface area contributed by atoms with Gasteiger partial charge in [0.05, 0.1) is 0 Å². The van der Waals surface area contributed by atoms with Crippen molar-refractivity contribution in [3.63, 3.8) is 0 Å². The number of nitrogens with zero attached hydrogens (tertiary/aromatic N) is 1. The molecule has 0 radical (unpaired) electrons. The number of carboxylic acid groups (broad SMARTS) is 1. The smallest absolute Gasteiger partial charge is 0.341 e. The first-order valence-corrected chi connectivity index (χ1v) is 8.53. The molecule has 3 rings (SSSR count). The lowest BCUT2D eigenvalue weighted by molar-refractivity contribution is -0.139. The van der Waals surface area contributed by atoms with E-state index in [4.69, 9.17) is 9.84 Å². The van der Waals surface area contributed by atoms with Crippen LogP contribution in [0.5, 0.6) is 5.75 Å². The van der Waals surface area contributed by atoms with Crippen LogP contribution in [-0.4, -0.2) is 47.5 Å². The summed E-state index contributed by atoms with van der Waals surface area (Å²) in [6.07, 6.45) is 0.460. The van der Waals surface area contributed by atoms with Crippen molar-refractivity contribution in [1.29, 1.82) is 0 Å². The molecule has 0 bridgehead atoms. The first-order valence-electron chi connectivity index (χ1n) is 8.53. The zero-order valence-corrected chi connectivity index (χ0v) is 14.8. The molecule has 0 saturated carbocycles. The monoisotopic (exact) mass is 368 g/mol. The molecule has 7 heteroatoms. The summed E-state index contributed by atoms with van der Waals surface area (Å²) in [4.78, 5) is 37.5. The molecule has 1 heterocycles. The average molecular weight is 368 g/mol. The predicted molar refractivity (Wildman–Crippen MR) is 97.4 cm³/mol. The van der Waals surface area contributed by atoms with E-state index in [2.05, 4.69) is 5.32 Å². The Bertz CT molecular complexity index is 863. The molecule has 27 heavy (non-hydrogen) atoms. The highest BCUT2D eigenvalue weighted by molar-refractivity contribution is 5.98. The van der Waals surface area contributed by atoms with Crippen molar-refractivity contribution in [1.82, 2.24) is 10.2 Å². The highest BCUT2D eigenvalue weighted by atomic mass is 16.5. The largest absolute Gasteiger partial charge is 0.482 e. The first kappa shape index (κ1) is 18.4. The van der Waals surface area contributed by atoms with Crippen molar-refractivity contribution in [2.75, 3.05) is 13.7 Å². The second-order valence-electron chi connectivity index (χ2n) is 6.24. The lowest BCUT2D eigenvalue weighted by Gasteiger charge is -2.35. The topological polar surface area (TPSA) is 95.9 Å². The van der Waals surface area contributed by atoms with Gasteiger partial charge in [-0.15, -0.1) is 0 Å². The van der Waals surface area contributed by atoms with E-state index in [9.17, 15) is 14.4 Å². The third-order valence-corrected chi connectivity index (χ3v) is 4.52. The molecule has 7 nitrogen and oxygen atoms in total. The van der Waals surface area contributed by atoms with Gasteiger partial charge in [0.1, 0.15) is 11.8 Å². The Labute approximate surface area is 156 Å². The molecule has 2 N–H and O–H groups in total. The highest BCUT2D eigenvalue weighted by Gasteiger charge is 2.34. The number of carbonyl (C=O) groups excluding carboxylic acids is 2. The summed E-state index contributed by atoms with van der Waals surface area (Å²) >= 11 is 0. The molecular formula is C20H20N2O5. The minimum absolute atomic E-state index is 0.209. The maximum atomic E-state index is 13.0. The molecule has 0 aromatic heterocycles. The molecule has 1 atom stereocenters. The molecule has 0 fully saturated rings. The fourth-order valence-electron chi connectivity index (χ4n) is 3.14. The van der Waals surface area contributed by atoms with Gasteiger partial charge in [-0.1, -0.05) is 24.3 Å². The number of ether oxygens (including phenoxy) is 1. The minimum atomic E-state index is -1.07. The van der Waals surface area contributed by atoms with Crippen molar-refractivity contribution in [3.8, 4) is 5.75 Å². The lowest BCUT2D eigenvalue weighted by Crippen LogP contribution is -2.51. The Morgan fingerprint density at radius 2 is 1.78 bits per heavy atom. The van der Waals surface area contributed by atoms with Gasteiger partial charge in [0.25, 0.3) is 5.91 Å². The molecule has 140 valence electrons. The van der Waals surface area contributed by atoms with Crippen molar-refractivity contribution in [2.45, 2.75) is 19.0 Å². The summed E-state index contributed by atoms with van der Waals surface area (Å²) in [6.45, 7) is -0.0979. The van der Waals surface area contributed by atoms with Crippen LogP contribution in [0.4, 0.5) is 0 Å². The van der Waals surface area contributed by atoms with Crippen molar-refractivity contribution < 1.29 is 24.2 Å². The molecular weight excluding hydrogens is 348 g/mol. The number of carboxylic acids is 1. The SMILES string of the molecule is CNC(=O)[C@@H]1Cc2ccccc2CN1C(=O)c1ccc(OCC(=O)O)cc1. The maximum absolute atomic E-state index is 13.0. The molecule has 1 aliphatic heterocycles. The molecule has 2 amide bonds. The summed E-state index contributed by atoms with van der Waals surface area (Å²) in [7, 11) is 1.56. The quantitative estimate of drug-likeness (QED) is 0.833. The maximum Gasteiger partial charge on any atom is 0.341 e. The summed E-state index contributed by atoms with van der Waals surface area (Å²) in [6, 6.07) is 13.4. The van der Waals surface area contributed by atoms with Crippen molar-refractivity contribution >= 4 is 17.8 Å². The molecule has 0 spiro atoms. The van der Waals surface area contributed by atoms with Gasteiger partial charge in [-0.25, -0.2) is 4.79 Å². The van der Waals surface area contributed by atoms with Gasteiger partial charge < -0.3 is 20.1 Å². The Hall–Kier alpha value is -3.35. The third-order valence-electron chi connectivity index (χ3n) is 4.52. The number of nitrogens with one attached hydrogen (secondary N) is 1. The Kier molecular flexibility index (Phi) is 5.40. The van der Waals surface area contributed by atoms with Gasteiger partial charge in [-0.2, -0.15) is 0 Å². The van der Waals surface area contributed by atoms with Crippen molar-refractivity contribution in [3.05, 3.63) is 65.2 Å². The van der Waals surface area contributed by atoms with Crippen LogP contribution >= 0.6 is 0 Å². The van der Waals surface area contributed by atoms with Gasteiger partial charge >= 0.3 is 5.97 Å². The molecule has 2 aromatic carbocycles. The Balaban J connectivity index is 1.83. The lowest BCUT2D eigenvalue weighted by atomic mass is 9.93.